The van der Waals surface area contributed by atoms with Crippen molar-refractivity contribution in [3.05, 3.63) is 0 Å². The predicted molar refractivity (Wildman–Crippen MR) is 44.7 cm³/mol. The maximum absolute atomic E-state index is 2.47. The zero-order chi connectivity index (χ0) is 7.40. The van der Waals surface area contributed by atoms with E-state index < -0.39 is 0 Å². The summed E-state index contributed by atoms with van der Waals surface area (Å²) in [5.41, 5.74) is 0. The van der Waals surface area contributed by atoms with Gasteiger partial charge in [-0.05, 0) is 6.42 Å². The van der Waals surface area contributed by atoms with E-state index >= 15 is 0 Å². The van der Waals surface area contributed by atoms with Crippen molar-refractivity contribution in [2.75, 3.05) is 13.1 Å². The SMILES string of the molecule is CCC[N+]1=CC(CC)CC1.[F-]. The topological polar surface area (TPSA) is 3.01 Å². The molecule has 1 heterocycles. The van der Waals surface area contributed by atoms with Gasteiger partial charge in [0.05, 0.1) is 0 Å². The minimum absolute atomic E-state index is 0. The molecule has 0 aromatic heterocycles. The Balaban J connectivity index is 0.000001000. The van der Waals surface area contributed by atoms with Crippen LogP contribution in [0.25, 0.3) is 0 Å². The first-order valence-corrected chi connectivity index (χ1v) is 4.45. The van der Waals surface area contributed by atoms with Gasteiger partial charge in [-0.15, -0.1) is 0 Å². The highest BCUT2D eigenvalue weighted by Crippen LogP contribution is 2.10. The highest BCUT2D eigenvalue weighted by atomic mass is 19.0. The van der Waals surface area contributed by atoms with Gasteiger partial charge in [0.15, 0.2) is 0 Å². The van der Waals surface area contributed by atoms with Crippen LogP contribution in [0.1, 0.15) is 33.1 Å². The molecule has 2 heteroatoms. The van der Waals surface area contributed by atoms with Crippen LogP contribution in [0.15, 0.2) is 0 Å². The van der Waals surface area contributed by atoms with Gasteiger partial charge in [-0.1, -0.05) is 13.8 Å². The summed E-state index contributed by atoms with van der Waals surface area (Å²) in [5, 5.41) is 0. The molecule has 0 saturated heterocycles. The standard InChI is InChI=1S/C9H18N.FH/c1-3-6-10-7-5-9(4-2)8-10;/h8-9H,3-7H2,1-2H3;1H/q+1;/p-1. The first-order chi connectivity index (χ1) is 4.86. The van der Waals surface area contributed by atoms with Gasteiger partial charge in [0.25, 0.3) is 0 Å². The van der Waals surface area contributed by atoms with Gasteiger partial charge >= 0.3 is 0 Å². The molecule has 0 fully saturated rings. The Morgan fingerprint density at radius 1 is 1.45 bits per heavy atom. The Morgan fingerprint density at radius 2 is 2.18 bits per heavy atom. The van der Waals surface area contributed by atoms with Crippen molar-refractivity contribution in [1.29, 1.82) is 0 Å². The first kappa shape index (κ1) is 10.6. The van der Waals surface area contributed by atoms with Crippen LogP contribution in [0.5, 0.6) is 0 Å². The maximum Gasteiger partial charge on any atom is 0.143 e. The molecule has 1 atom stereocenters. The molecule has 0 saturated carbocycles. The van der Waals surface area contributed by atoms with Gasteiger partial charge in [-0.25, -0.2) is 4.58 Å². The molecule has 11 heavy (non-hydrogen) atoms. The summed E-state index contributed by atoms with van der Waals surface area (Å²) >= 11 is 0. The third kappa shape index (κ3) is 3.00. The van der Waals surface area contributed by atoms with Crippen molar-refractivity contribution >= 4 is 6.21 Å². The third-order valence-electron chi connectivity index (χ3n) is 2.24. The molecule has 0 aromatic rings. The minimum atomic E-state index is 0. The normalized spacial score (nSPS) is 22.7. The van der Waals surface area contributed by atoms with E-state index in [-0.39, 0.29) is 4.70 Å². The molecule has 0 amide bonds. The van der Waals surface area contributed by atoms with Crippen molar-refractivity contribution in [3.8, 4) is 0 Å². The minimum Gasteiger partial charge on any atom is -1.00 e. The molecule has 0 aliphatic carbocycles. The van der Waals surface area contributed by atoms with Crippen LogP contribution in [0.2, 0.25) is 0 Å². The average Bonchev–Trinajstić information content (AvgIpc) is 2.37. The largest absolute Gasteiger partial charge is 1.00 e. The van der Waals surface area contributed by atoms with E-state index in [0.29, 0.717) is 0 Å². The zero-order valence-electron chi connectivity index (χ0n) is 7.52. The van der Waals surface area contributed by atoms with Gasteiger partial charge in [-0.3, -0.25) is 0 Å². The lowest BCUT2D eigenvalue weighted by Crippen LogP contribution is -3.00. The molecule has 0 spiro atoms. The van der Waals surface area contributed by atoms with E-state index in [0.717, 1.165) is 5.92 Å². The van der Waals surface area contributed by atoms with Crippen LogP contribution in [0.4, 0.5) is 0 Å². The van der Waals surface area contributed by atoms with Crippen molar-refractivity contribution < 1.29 is 9.28 Å². The molecule has 0 radical (unpaired) electrons. The molecular formula is C9H18FN. The fourth-order valence-corrected chi connectivity index (χ4v) is 1.56. The fraction of sp³-hybridized carbons (Fsp3) is 0.889. The first-order valence-electron chi connectivity index (χ1n) is 4.45. The van der Waals surface area contributed by atoms with Gasteiger partial charge in [0, 0.05) is 18.8 Å². The second-order valence-corrected chi connectivity index (χ2v) is 3.14. The molecule has 1 aliphatic rings. The smallest absolute Gasteiger partial charge is 0.143 e. The summed E-state index contributed by atoms with van der Waals surface area (Å²) in [4.78, 5) is 0. The van der Waals surface area contributed by atoms with Crippen molar-refractivity contribution in [1.82, 2.24) is 0 Å². The Morgan fingerprint density at radius 3 is 2.64 bits per heavy atom. The van der Waals surface area contributed by atoms with Gasteiger partial charge in [-0.2, -0.15) is 0 Å². The monoisotopic (exact) mass is 159 g/mol. The van der Waals surface area contributed by atoms with E-state index in [4.69, 9.17) is 0 Å². The Kier molecular flexibility index (Phi) is 5.08. The molecule has 66 valence electrons. The zero-order valence-corrected chi connectivity index (χ0v) is 7.52. The van der Waals surface area contributed by atoms with Crippen LogP contribution in [0.3, 0.4) is 0 Å². The van der Waals surface area contributed by atoms with Gasteiger partial charge in [0.1, 0.15) is 19.3 Å². The second kappa shape index (κ2) is 5.28. The summed E-state index contributed by atoms with van der Waals surface area (Å²) in [7, 11) is 0. The van der Waals surface area contributed by atoms with Crippen molar-refractivity contribution in [2.24, 2.45) is 5.92 Å². The summed E-state index contributed by atoms with van der Waals surface area (Å²) in [6.07, 6.45) is 6.41. The van der Waals surface area contributed by atoms with Crippen LogP contribution < -0.4 is 4.70 Å². The van der Waals surface area contributed by atoms with Crippen LogP contribution in [0, 0.1) is 5.92 Å². The van der Waals surface area contributed by atoms with Crippen LogP contribution in [-0.2, 0) is 0 Å². The van der Waals surface area contributed by atoms with E-state index in [9.17, 15) is 0 Å². The lowest BCUT2D eigenvalue weighted by atomic mass is 10.1. The van der Waals surface area contributed by atoms with Crippen LogP contribution in [-0.4, -0.2) is 23.9 Å². The summed E-state index contributed by atoms with van der Waals surface area (Å²) in [6, 6.07) is 0. The lowest BCUT2D eigenvalue weighted by Gasteiger charge is -1.90. The third-order valence-corrected chi connectivity index (χ3v) is 2.24. The quantitative estimate of drug-likeness (QED) is 0.461. The van der Waals surface area contributed by atoms with E-state index in [1.165, 1.54) is 32.4 Å². The highest BCUT2D eigenvalue weighted by molar-refractivity contribution is 5.56. The summed E-state index contributed by atoms with van der Waals surface area (Å²) in [6.45, 7) is 7.08. The number of hydrogen-bond donors (Lipinski definition) is 0. The lowest BCUT2D eigenvalue weighted by molar-refractivity contribution is -0.515. The van der Waals surface area contributed by atoms with Crippen LogP contribution >= 0.6 is 0 Å². The maximum atomic E-state index is 2.47. The molecule has 1 unspecified atom stereocenters. The van der Waals surface area contributed by atoms with Crippen molar-refractivity contribution in [2.45, 2.75) is 33.1 Å². The summed E-state index contributed by atoms with van der Waals surface area (Å²) in [5.74, 6) is 0.881. The molecular weight excluding hydrogens is 141 g/mol. The Hall–Kier alpha value is -0.400. The van der Waals surface area contributed by atoms with Gasteiger partial charge in [0.2, 0.25) is 0 Å². The molecule has 0 aromatic carbocycles. The molecule has 1 rings (SSSR count). The number of halogens is 1. The van der Waals surface area contributed by atoms with E-state index in [2.05, 4.69) is 24.6 Å². The van der Waals surface area contributed by atoms with Crippen molar-refractivity contribution in [3.63, 3.8) is 0 Å². The predicted octanol–water partition coefficient (Wildman–Crippen LogP) is -1.09. The number of nitrogens with zero attached hydrogens (tertiary/aromatic N) is 1. The van der Waals surface area contributed by atoms with E-state index in [1.54, 1.807) is 0 Å². The van der Waals surface area contributed by atoms with E-state index in [1.807, 2.05) is 0 Å². The highest BCUT2D eigenvalue weighted by Gasteiger charge is 2.18. The molecule has 0 bridgehead atoms. The Labute approximate surface area is 68.5 Å². The average molecular weight is 159 g/mol. The summed E-state index contributed by atoms with van der Waals surface area (Å²) < 4.78 is 2.47. The van der Waals surface area contributed by atoms with Gasteiger partial charge < -0.3 is 4.70 Å². The molecule has 1 nitrogen and oxygen atoms in total. The Bertz CT molecular complexity index is 132. The number of hydrogen-bond acceptors (Lipinski definition) is 0. The second-order valence-electron chi connectivity index (χ2n) is 3.14. The molecule has 1 aliphatic heterocycles. The molecule has 0 N–H and O–H groups in total. The number of rotatable bonds is 3. The fourth-order valence-electron chi connectivity index (χ4n) is 1.56.